The number of carbonyl (C=O) groups excluding carboxylic acids is 2. The number of carbonyl (C=O) groups is 2. The van der Waals surface area contributed by atoms with E-state index in [2.05, 4.69) is 10.6 Å². The van der Waals surface area contributed by atoms with Crippen LogP contribution < -0.4 is 10.6 Å². The van der Waals surface area contributed by atoms with Crippen molar-refractivity contribution in [2.45, 2.75) is 6.42 Å². The third kappa shape index (κ3) is 4.08. The minimum atomic E-state index is -0.378. The van der Waals surface area contributed by atoms with Crippen molar-refractivity contribution < 1.29 is 14.0 Å². The van der Waals surface area contributed by atoms with Gasteiger partial charge in [-0.3, -0.25) is 9.59 Å². The zero-order chi connectivity index (χ0) is 12.0. The Kier molecular flexibility index (Phi) is 4.44. The van der Waals surface area contributed by atoms with Crippen LogP contribution in [0, 0.1) is 5.82 Å². The number of nitrogens with one attached hydrogen (secondary N) is 2. The molecule has 0 unspecified atom stereocenters. The van der Waals surface area contributed by atoms with Crippen molar-refractivity contribution in [3.63, 3.8) is 0 Å². The molecule has 0 heterocycles. The summed E-state index contributed by atoms with van der Waals surface area (Å²) in [6.07, 6.45) is 0.0642. The van der Waals surface area contributed by atoms with Gasteiger partial charge >= 0.3 is 0 Å². The van der Waals surface area contributed by atoms with Crippen molar-refractivity contribution in [2.24, 2.45) is 0 Å². The van der Waals surface area contributed by atoms with Crippen molar-refractivity contribution in [3.05, 3.63) is 35.6 Å². The molecule has 0 bridgehead atoms. The Labute approximate surface area is 92.8 Å². The molecule has 0 saturated carbocycles. The molecule has 2 amide bonds. The van der Waals surface area contributed by atoms with Crippen LogP contribution in [0.25, 0.3) is 0 Å². The number of likely N-dealkylation sites (N-methyl/N-ethyl adjacent to an activating group) is 1. The van der Waals surface area contributed by atoms with Crippen LogP contribution in [0.2, 0.25) is 0 Å². The lowest BCUT2D eigenvalue weighted by atomic mass is 10.1. The van der Waals surface area contributed by atoms with Crippen LogP contribution in [-0.4, -0.2) is 25.4 Å². The van der Waals surface area contributed by atoms with Crippen LogP contribution in [0.3, 0.4) is 0 Å². The van der Waals surface area contributed by atoms with Crippen LogP contribution in [0.5, 0.6) is 0 Å². The highest BCUT2D eigenvalue weighted by Crippen LogP contribution is 2.03. The number of rotatable bonds is 4. The van der Waals surface area contributed by atoms with E-state index in [4.69, 9.17) is 0 Å². The van der Waals surface area contributed by atoms with Gasteiger partial charge in [-0.1, -0.05) is 12.1 Å². The van der Waals surface area contributed by atoms with Gasteiger partial charge in [0, 0.05) is 7.05 Å². The maximum atomic E-state index is 12.8. The lowest BCUT2D eigenvalue weighted by Crippen LogP contribution is -2.35. The average Bonchev–Trinajstić information content (AvgIpc) is 2.26. The first-order valence-electron chi connectivity index (χ1n) is 4.83. The fraction of sp³-hybridized carbons (Fsp3) is 0.273. The summed E-state index contributed by atoms with van der Waals surface area (Å²) in [7, 11) is 1.49. The summed E-state index contributed by atoms with van der Waals surface area (Å²) in [5.41, 5.74) is 0.578. The third-order valence-electron chi connectivity index (χ3n) is 1.98. The quantitative estimate of drug-likeness (QED) is 0.769. The third-order valence-corrected chi connectivity index (χ3v) is 1.98. The molecular formula is C11H13FN2O2. The van der Waals surface area contributed by atoms with Gasteiger partial charge in [0.05, 0.1) is 13.0 Å². The van der Waals surface area contributed by atoms with Crippen LogP contribution in [0.4, 0.5) is 4.39 Å². The zero-order valence-corrected chi connectivity index (χ0v) is 8.92. The first kappa shape index (κ1) is 12.2. The second-order valence-electron chi connectivity index (χ2n) is 3.26. The maximum Gasteiger partial charge on any atom is 0.239 e. The number of hydrogen-bond acceptors (Lipinski definition) is 2. The van der Waals surface area contributed by atoms with E-state index in [1.54, 1.807) is 6.07 Å². The highest BCUT2D eigenvalue weighted by atomic mass is 19.1. The van der Waals surface area contributed by atoms with E-state index in [0.717, 1.165) is 0 Å². The van der Waals surface area contributed by atoms with Crippen molar-refractivity contribution in [1.82, 2.24) is 10.6 Å². The highest BCUT2D eigenvalue weighted by Gasteiger charge is 2.05. The van der Waals surface area contributed by atoms with E-state index in [-0.39, 0.29) is 30.6 Å². The molecule has 0 aliphatic carbocycles. The van der Waals surface area contributed by atoms with Crippen LogP contribution in [0.15, 0.2) is 24.3 Å². The number of hydrogen-bond donors (Lipinski definition) is 2. The molecule has 0 aliphatic rings. The Morgan fingerprint density at radius 1 is 1.31 bits per heavy atom. The van der Waals surface area contributed by atoms with Crippen LogP contribution in [-0.2, 0) is 16.0 Å². The number of amides is 2. The molecular weight excluding hydrogens is 211 g/mol. The second-order valence-corrected chi connectivity index (χ2v) is 3.26. The summed E-state index contributed by atoms with van der Waals surface area (Å²) in [6.45, 7) is -0.0648. The van der Waals surface area contributed by atoms with Gasteiger partial charge in [-0.15, -0.1) is 0 Å². The number of benzene rings is 1. The molecule has 0 fully saturated rings. The molecule has 0 spiro atoms. The summed E-state index contributed by atoms with van der Waals surface area (Å²) in [4.78, 5) is 22.2. The van der Waals surface area contributed by atoms with Gasteiger partial charge in [0.25, 0.3) is 0 Å². The fourth-order valence-corrected chi connectivity index (χ4v) is 1.16. The molecule has 0 atom stereocenters. The largest absolute Gasteiger partial charge is 0.358 e. The van der Waals surface area contributed by atoms with Gasteiger partial charge in [-0.2, -0.15) is 0 Å². The standard InChI is InChI=1S/C11H13FN2O2/c1-13-11(16)7-14-10(15)6-8-3-2-4-9(12)5-8/h2-5H,6-7H2,1H3,(H,13,16)(H,14,15). The Hall–Kier alpha value is -1.91. The van der Waals surface area contributed by atoms with Gasteiger partial charge in [-0.05, 0) is 17.7 Å². The molecule has 86 valence electrons. The molecule has 4 nitrogen and oxygen atoms in total. The first-order chi connectivity index (χ1) is 7.61. The van der Waals surface area contributed by atoms with Crippen molar-refractivity contribution in [1.29, 1.82) is 0 Å². The molecule has 1 aromatic rings. The molecule has 0 radical (unpaired) electrons. The SMILES string of the molecule is CNC(=O)CNC(=O)Cc1cccc(F)c1. The summed E-state index contributed by atoms with van der Waals surface area (Å²) < 4.78 is 12.8. The van der Waals surface area contributed by atoms with E-state index < -0.39 is 0 Å². The van der Waals surface area contributed by atoms with Gasteiger partial charge < -0.3 is 10.6 Å². The number of halogens is 1. The predicted octanol–water partition coefficient (Wildman–Crippen LogP) is 0.230. The summed E-state index contributed by atoms with van der Waals surface area (Å²) in [5, 5.41) is 4.81. The molecule has 0 saturated heterocycles. The topological polar surface area (TPSA) is 58.2 Å². The Morgan fingerprint density at radius 3 is 2.69 bits per heavy atom. The second kappa shape index (κ2) is 5.85. The smallest absolute Gasteiger partial charge is 0.239 e. The monoisotopic (exact) mass is 224 g/mol. The van der Waals surface area contributed by atoms with Gasteiger partial charge in [0.1, 0.15) is 5.82 Å². The lowest BCUT2D eigenvalue weighted by molar-refractivity contribution is -0.125. The van der Waals surface area contributed by atoms with E-state index in [1.807, 2.05) is 0 Å². The fourth-order valence-electron chi connectivity index (χ4n) is 1.16. The Balaban J connectivity index is 2.43. The van der Waals surface area contributed by atoms with Crippen molar-refractivity contribution in [2.75, 3.05) is 13.6 Å². The molecule has 5 heteroatoms. The predicted molar refractivity (Wildman–Crippen MR) is 57.2 cm³/mol. The molecule has 2 N–H and O–H groups in total. The lowest BCUT2D eigenvalue weighted by Gasteiger charge is -2.04. The van der Waals surface area contributed by atoms with Gasteiger partial charge in [0.15, 0.2) is 0 Å². The van der Waals surface area contributed by atoms with Gasteiger partial charge in [0.2, 0.25) is 11.8 Å². The minimum absolute atomic E-state index is 0.0642. The first-order valence-corrected chi connectivity index (χ1v) is 4.83. The average molecular weight is 224 g/mol. The maximum absolute atomic E-state index is 12.8. The summed E-state index contributed by atoms with van der Waals surface area (Å²) >= 11 is 0. The van der Waals surface area contributed by atoms with E-state index in [1.165, 1.54) is 25.2 Å². The Bertz CT molecular complexity index is 393. The van der Waals surface area contributed by atoms with E-state index >= 15 is 0 Å². The molecule has 16 heavy (non-hydrogen) atoms. The van der Waals surface area contributed by atoms with Crippen molar-refractivity contribution >= 4 is 11.8 Å². The normalized spacial score (nSPS) is 9.62. The van der Waals surface area contributed by atoms with E-state index in [9.17, 15) is 14.0 Å². The molecule has 0 aliphatic heterocycles. The highest BCUT2D eigenvalue weighted by molar-refractivity contribution is 5.85. The molecule has 1 aromatic carbocycles. The van der Waals surface area contributed by atoms with Crippen LogP contribution in [0.1, 0.15) is 5.56 Å². The van der Waals surface area contributed by atoms with E-state index in [0.29, 0.717) is 5.56 Å². The van der Waals surface area contributed by atoms with Crippen LogP contribution >= 0.6 is 0 Å². The molecule has 1 rings (SSSR count). The van der Waals surface area contributed by atoms with Crippen molar-refractivity contribution in [3.8, 4) is 0 Å². The Morgan fingerprint density at radius 2 is 2.06 bits per heavy atom. The minimum Gasteiger partial charge on any atom is -0.358 e. The molecule has 0 aromatic heterocycles. The summed E-state index contributed by atoms with van der Waals surface area (Å²) in [6, 6.07) is 5.80. The zero-order valence-electron chi connectivity index (χ0n) is 8.92. The summed E-state index contributed by atoms with van der Waals surface area (Å²) in [5.74, 6) is -0.960. The van der Waals surface area contributed by atoms with Gasteiger partial charge in [-0.25, -0.2) is 4.39 Å².